The predicted molar refractivity (Wildman–Crippen MR) is 147 cm³/mol. The monoisotopic (exact) mass is 594 g/mol. The van der Waals surface area contributed by atoms with Crippen LogP contribution in [0.2, 0.25) is 10.0 Å². The van der Waals surface area contributed by atoms with Gasteiger partial charge in [0.15, 0.2) is 0 Å². The first-order chi connectivity index (χ1) is 17.8. The lowest BCUT2D eigenvalue weighted by molar-refractivity contribution is 0.102. The van der Waals surface area contributed by atoms with Gasteiger partial charge in [0.05, 0.1) is 13.3 Å². The number of rotatable bonds is 1. The zero-order chi connectivity index (χ0) is 26.1. The van der Waals surface area contributed by atoms with E-state index in [2.05, 4.69) is 25.9 Å². The molecular formula is C29H21BrCl2N2O3. The zero-order valence-electron chi connectivity index (χ0n) is 19.9. The van der Waals surface area contributed by atoms with Crippen molar-refractivity contribution in [2.24, 2.45) is 0 Å². The first-order valence-electron chi connectivity index (χ1n) is 11.7. The lowest BCUT2D eigenvalue weighted by atomic mass is 10.0. The van der Waals surface area contributed by atoms with Crippen molar-refractivity contribution in [1.29, 1.82) is 0 Å². The summed E-state index contributed by atoms with van der Waals surface area (Å²) in [5.41, 5.74) is 6.38. The van der Waals surface area contributed by atoms with Crippen LogP contribution in [0.25, 0.3) is 0 Å². The summed E-state index contributed by atoms with van der Waals surface area (Å²) in [6.45, 7) is 0. The summed E-state index contributed by atoms with van der Waals surface area (Å²) < 4.78 is 6.06. The van der Waals surface area contributed by atoms with Crippen molar-refractivity contribution in [1.82, 2.24) is 9.97 Å². The summed E-state index contributed by atoms with van der Waals surface area (Å²) in [4.78, 5) is 33.4. The number of carbonyl (C=O) groups is 2. The molecule has 6 rings (SSSR count). The summed E-state index contributed by atoms with van der Waals surface area (Å²) in [6, 6.07) is 14.6. The Bertz CT molecular complexity index is 1500. The minimum Gasteiger partial charge on any atom is -0.495 e. The molecule has 0 spiro atoms. The average Bonchev–Trinajstić information content (AvgIpc) is 3.11. The van der Waals surface area contributed by atoms with Crippen LogP contribution in [-0.2, 0) is 25.7 Å². The van der Waals surface area contributed by atoms with E-state index in [-0.39, 0.29) is 11.6 Å². The summed E-state index contributed by atoms with van der Waals surface area (Å²) in [7, 11) is 1.59. The van der Waals surface area contributed by atoms with Gasteiger partial charge in [0.2, 0.25) is 11.6 Å². The molecule has 2 aromatic carbocycles. The Kier molecular flexibility index (Phi) is 7.43. The fourth-order valence-corrected chi connectivity index (χ4v) is 5.41. The highest BCUT2D eigenvalue weighted by molar-refractivity contribution is 9.10. The highest BCUT2D eigenvalue weighted by Crippen LogP contribution is 2.28. The Morgan fingerprint density at radius 3 is 1.73 bits per heavy atom. The minimum absolute atomic E-state index is 0.0123. The number of aromatic nitrogens is 2. The number of ketones is 2. The number of ether oxygens (including phenoxy) is 1. The van der Waals surface area contributed by atoms with Crippen LogP contribution in [0.3, 0.4) is 0 Å². The molecule has 2 aliphatic rings. The lowest BCUT2D eigenvalue weighted by Crippen LogP contribution is -2.07. The van der Waals surface area contributed by atoms with Crippen molar-refractivity contribution in [3.05, 3.63) is 120 Å². The molecule has 5 nitrogen and oxygen atoms in total. The second kappa shape index (κ2) is 10.7. The molecule has 0 unspecified atom stereocenters. The van der Waals surface area contributed by atoms with E-state index in [0.717, 1.165) is 52.4 Å². The van der Waals surface area contributed by atoms with E-state index in [4.69, 9.17) is 27.9 Å². The van der Waals surface area contributed by atoms with Crippen molar-refractivity contribution >= 4 is 50.7 Å². The third kappa shape index (κ3) is 5.33. The smallest absolute Gasteiger partial charge is 0.211 e. The van der Waals surface area contributed by atoms with Gasteiger partial charge in [0, 0.05) is 31.8 Å². The van der Waals surface area contributed by atoms with Gasteiger partial charge in [-0.25, -0.2) is 4.98 Å². The second-order valence-electron chi connectivity index (χ2n) is 8.81. The van der Waals surface area contributed by atoms with E-state index in [0.29, 0.717) is 38.3 Å². The molecule has 37 heavy (non-hydrogen) atoms. The second-order valence-corrected chi connectivity index (χ2v) is 10.6. The van der Waals surface area contributed by atoms with Gasteiger partial charge in [-0.2, -0.15) is 0 Å². The third-order valence-electron chi connectivity index (χ3n) is 6.49. The molecule has 0 aliphatic heterocycles. The number of carbonyl (C=O) groups excluding carboxylic acids is 2. The highest BCUT2D eigenvalue weighted by Gasteiger charge is 2.24. The molecule has 2 aromatic heterocycles. The van der Waals surface area contributed by atoms with Crippen LogP contribution >= 0.6 is 39.1 Å². The van der Waals surface area contributed by atoms with Gasteiger partial charge >= 0.3 is 0 Å². The van der Waals surface area contributed by atoms with Crippen LogP contribution in [-0.4, -0.2) is 28.6 Å². The van der Waals surface area contributed by atoms with Crippen molar-refractivity contribution in [2.45, 2.75) is 25.7 Å². The van der Waals surface area contributed by atoms with E-state index in [1.807, 2.05) is 24.3 Å². The maximum absolute atomic E-state index is 12.5. The van der Waals surface area contributed by atoms with E-state index in [9.17, 15) is 9.59 Å². The largest absolute Gasteiger partial charge is 0.495 e. The Hall–Kier alpha value is -3.06. The SMILES string of the molecule is COc1cnc2c(c1)CCc1cc(Cl)ccc1C2=O.O=C1c2ccc(Cl)cc2CCc2cc(Br)cnc21. The first kappa shape index (κ1) is 25.6. The quantitative estimate of drug-likeness (QED) is 0.239. The number of benzene rings is 2. The fraction of sp³-hybridized carbons (Fsp3) is 0.172. The van der Waals surface area contributed by atoms with Gasteiger partial charge in [0.1, 0.15) is 17.1 Å². The van der Waals surface area contributed by atoms with Crippen molar-refractivity contribution in [3.63, 3.8) is 0 Å². The van der Waals surface area contributed by atoms with Crippen LogP contribution in [0.4, 0.5) is 0 Å². The molecule has 8 heteroatoms. The summed E-state index contributed by atoms with van der Waals surface area (Å²) in [5, 5.41) is 1.32. The molecule has 0 atom stereocenters. The van der Waals surface area contributed by atoms with Crippen LogP contribution in [0.5, 0.6) is 5.75 Å². The molecular weight excluding hydrogens is 575 g/mol. The van der Waals surface area contributed by atoms with Crippen molar-refractivity contribution in [3.8, 4) is 5.75 Å². The summed E-state index contributed by atoms with van der Waals surface area (Å²) in [6.07, 6.45) is 6.41. The molecule has 0 radical (unpaired) electrons. The van der Waals surface area contributed by atoms with Crippen molar-refractivity contribution in [2.75, 3.05) is 7.11 Å². The topological polar surface area (TPSA) is 69.2 Å². The van der Waals surface area contributed by atoms with E-state index < -0.39 is 0 Å². The molecule has 0 saturated carbocycles. The van der Waals surface area contributed by atoms with Crippen LogP contribution in [0.1, 0.15) is 54.4 Å². The zero-order valence-corrected chi connectivity index (χ0v) is 23.0. The standard InChI is InChI=1S/C15H12ClNO2.C14H9BrClNO/c1-19-12-7-10-3-2-9-6-11(16)4-5-13(9)15(18)14(10)17-8-12;15-10-5-9-2-1-8-6-11(16)3-4-12(8)14(18)13(9)17-7-10/h4-8H,2-3H2,1H3;3-7H,1-2H2. The average molecular weight is 596 g/mol. The van der Waals surface area contributed by atoms with Gasteiger partial charge in [-0.1, -0.05) is 23.2 Å². The van der Waals surface area contributed by atoms with Crippen LogP contribution in [0.15, 0.2) is 65.4 Å². The van der Waals surface area contributed by atoms with Crippen LogP contribution in [0, 0.1) is 0 Å². The Labute approximate surface area is 233 Å². The molecule has 0 amide bonds. The number of pyridine rings is 2. The van der Waals surface area contributed by atoms with E-state index >= 15 is 0 Å². The number of halogens is 3. The van der Waals surface area contributed by atoms with Crippen LogP contribution < -0.4 is 4.74 Å². The van der Waals surface area contributed by atoms with Gasteiger partial charge < -0.3 is 4.74 Å². The normalized spacial score (nSPS) is 13.6. The van der Waals surface area contributed by atoms with E-state index in [1.54, 1.807) is 43.8 Å². The van der Waals surface area contributed by atoms with Gasteiger partial charge in [-0.15, -0.1) is 0 Å². The van der Waals surface area contributed by atoms with E-state index in [1.165, 1.54) is 0 Å². The maximum atomic E-state index is 12.5. The Balaban J connectivity index is 0.000000152. The number of nitrogens with zero attached hydrogens (tertiary/aromatic N) is 2. The number of hydrogen-bond acceptors (Lipinski definition) is 5. The molecule has 0 bridgehead atoms. The number of methoxy groups -OCH3 is 1. The third-order valence-corrected chi connectivity index (χ3v) is 7.40. The molecule has 2 heterocycles. The van der Waals surface area contributed by atoms with Gasteiger partial charge in [-0.3, -0.25) is 14.6 Å². The highest BCUT2D eigenvalue weighted by atomic mass is 79.9. The minimum atomic E-state index is -0.0400. The molecule has 0 N–H and O–H groups in total. The molecule has 0 fully saturated rings. The molecule has 186 valence electrons. The first-order valence-corrected chi connectivity index (χ1v) is 13.2. The number of fused-ring (bicyclic) bond motifs is 4. The Morgan fingerprint density at radius 1 is 0.703 bits per heavy atom. The van der Waals surface area contributed by atoms with Crippen molar-refractivity contribution < 1.29 is 14.3 Å². The summed E-state index contributed by atoms with van der Waals surface area (Å²) in [5.74, 6) is 0.624. The lowest BCUT2D eigenvalue weighted by Gasteiger charge is -2.06. The fourth-order valence-electron chi connectivity index (χ4n) is 4.65. The number of aryl methyl sites for hydroxylation is 4. The predicted octanol–water partition coefficient (Wildman–Crippen LogP) is 6.90. The molecule has 2 aliphatic carbocycles. The number of hydrogen-bond donors (Lipinski definition) is 0. The van der Waals surface area contributed by atoms with Gasteiger partial charge in [-0.05, 0) is 112 Å². The molecule has 4 aromatic rings. The van der Waals surface area contributed by atoms with Gasteiger partial charge in [0.25, 0.3) is 0 Å². The molecule has 0 saturated heterocycles. The maximum Gasteiger partial charge on any atom is 0.211 e. The summed E-state index contributed by atoms with van der Waals surface area (Å²) >= 11 is 15.4. The Morgan fingerprint density at radius 2 is 1.19 bits per heavy atom.